The Morgan fingerprint density at radius 1 is 1.37 bits per heavy atom. The van der Waals surface area contributed by atoms with E-state index in [2.05, 4.69) is 0 Å². The zero-order chi connectivity index (χ0) is 14.2. The fourth-order valence-corrected chi connectivity index (χ4v) is 1.88. The van der Waals surface area contributed by atoms with E-state index in [4.69, 9.17) is 5.73 Å². The van der Waals surface area contributed by atoms with Crippen molar-refractivity contribution in [1.29, 1.82) is 0 Å². The third-order valence-corrected chi connectivity index (χ3v) is 2.98. The summed E-state index contributed by atoms with van der Waals surface area (Å²) in [7, 11) is 0. The molecular formula is C12H11N3O4. The van der Waals surface area contributed by atoms with Crippen molar-refractivity contribution in [3.8, 4) is 0 Å². The molecule has 1 aromatic heterocycles. The van der Waals surface area contributed by atoms with Crippen LogP contribution in [0, 0.1) is 10.1 Å². The number of aromatic nitrogens is 1. The van der Waals surface area contributed by atoms with Gasteiger partial charge in [-0.25, -0.2) is 0 Å². The van der Waals surface area contributed by atoms with E-state index >= 15 is 0 Å². The molecule has 0 saturated carbocycles. The number of carbonyl (C=O) groups is 1. The smallest absolute Gasteiger partial charge is 0.277 e. The molecule has 1 atom stereocenters. The Kier molecular flexibility index (Phi) is 3.04. The number of benzene rings is 1. The summed E-state index contributed by atoms with van der Waals surface area (Å²) >= 11 is 0. The quantitative estimate of drug-likeness (QED) is 0.655. The Morgan fingerprint density at radius 2 is 2.05 bits per heavy atom. The van der Waals surface area contributed by atoms with E-state index < -0.39 is 22.4 Å². The molecule has 0 aliphatic heterocycles. The molecule has 0 saturated heterocycles. The number of nitro groups is 1. The molecule has 0 fully saturated rings. The summed E-state index contributed by atoms with van der Waals surface area (Å²) in [6.45, 7) is 1.49. The first-order chi connectivity index (χ1) is 8.93. The standard InChI is InChI=1S/C12H11N3O4/c1-7(11(13)16)14-6-5-8-9(12(14)17)3-2-4-10(8)15(18)19/h2-7H,1H3,(H2,13,16)/t7-/m0/s1. The summed E-state index contributed by atoms with van der Waals surface area (Å²) in [6, 6.07) is 4.87. The number of non-ortho nitro benzene ring substituents is 1. The van der Waals surface area contributed by atoms with Crippen LogP contribution in [0.5, 0.6) is 0 Å². The number of fused-ring (bicyclic) bond motifs is 1. The van der Waals surface area contributed by atoms with Crippen LogP contribution in [-0.2, 0) is 4.79 Å². The number of nitrogens with zero attached hydrogens (tertiary/aromatic N) is 2. The van der Waals surface area contributed by atoms with Crippen LogP contribution < -0.4 is 11.3 Å². The molecule has 0 spiro atoms. The molecule has 7 heteroatoms. The predicted octanol–water partition coefficient (Wildman–Crippen LogP) is 0.956. The highest BCUT2D eigenvalue weighted by molar-refractivity contribution is 5.90. The fourth-order valence-electron chi connectivity index (χ4n) is 1.88. The maximum atomic E-state index is 12.2. The second kappa shape index (κ2) is 4.52. The van der Waals surface area contributed by atoms with Gasteiger partial charge in [-0.05, 0) is 19.1 Å². The number of hydrogen-bond donors (Lipinski definition) is 1. The van der Waals surface area contributed by atoms with Gasteiger partial charge in [-0.3, -0.25) is 19.7 Å². The summed E-state index contributed by atoms with van der Waals surface area (Å²) in [5, 5.41) is 11.3. The molecule has 1 heterocycles. The number of pyridine rings is 1. The molecule has 0 unspecified atom stereocenters. The lowest BCUT2D eigenvalue weighted by atomic mass is 10.1. The van der Waals surface area contributed by atoms with Crippen molar-refractivity contribution < 1.29 is 9.72 Å². The number of primary amides is 1. The monoisotopic (exact) mass is 261 g/mol. The van der Waals surface area contributed by atoms with Gasteiger partial charge >= 0.3 is 0 Å². The van der Waals surface area contributed by atoms with Crippen LogP contribution in [0.4, 0.5) is 5.69 Å². The Labute approximate surface area is 107 Å². The summed E-state index contributed by atoms with van der Waals surface area (Å²) in [4.78, 5) is 33.6. The molecule has 0 aliphatic rings. The molecule has 2 rings (SSSR count). The minimum Gasteiger partial charge on any atom is -0.368 e. The van der Waals surface area contributed by atoms with Crippen LogP contribution in [0.1, 0.15) is 13.0 Å². The highest BCUT2D eigenvalue weighted by Crippen LogP contribution is 2.23. The number of nitrogens with two attached hydrogens (primary N) is 1. The number of rotatable bonds is 3. The first-order valence-corrected chi connectivity index (χ1v) is 5.51. The molecule has 1 aromatic carbocycles. The number of hydrogen-bond acceptors (Lipinski definition) is 4. The molecule has 0 radical (unpaired) electrons. The Hall–Kier alpha value is -2.70. The molecule has 0 aliphatic carbocycles. The average Bonchev–Trinajstić information content (AvgIpc) is 2.37. The molecule has 98 valence electrons. The van der Waals surface area contributed by atoms with Gasteiger partial charge in [-0.15, -0.1) is 0 Å². The van der Waals surface area contributed by atoms with Crippen molar-refractivity contribution in [3.05, 3.63) is 50.9 Å². The SMILES string of the molecule is C[C@@H](C(N)=O)n1ccc2c([N+](=O)[O-])cccc2c1=O. The van der Waals surface area contributed by atoms with E-state index in [1.54, 1.807) is 0 Å². The molecule has 2 aromatic rings. The van der Waals surface area contributed by atoms with E-state index in [9.17, 15) is 19.7 Å². The zero-order valence-corrected chi connectivity index (χ0v) is 10.1. The van der Waals surface area contributed by atoms with E-state index in [0.29, 0.717) is 0 Å². The van der Waals surface area contributed by atoms with Crippen LogP contribution in [0.2, 0.25) is 0 Å². The van der Waals surface area contributed by atoms with Crippen molar-refractivity contribution in [2.24, 2.45) is 5.73 Å². The first kappa shape index (κ1) is 12.7. The van der Waals surface area contributed by atoms with Gasteiger partial charge in [0.2, 0.25) is 5.91 Å². The van der Waals surface area contributed by atoms with Gasteiger partial charge in [-0.2, -0.15) is 0 Å². The van der Waals surface area contributed by atoms with Crippen LogP contribution in [0.25, 0.3) is 10.8 Å². The van der Waals surface area contributed by atoms with Gasteiger partial charge in [0.25, 0.3) is 11.2 Å². The lowest BCUT2D eigenvalue weighted by molar-refractivity contribution is -0.383. The highest BCUT2D eigenvalue weighted by Gasteiger charge is 2.17. The van der Waals surface area contributed by atoms with E-state index in [-0.39, 0.29) is 16.5 Å². The Balaban J connectivity index is 2.77. The first-order valence-electron chi connectivity index (χ1n) is 5.51. The van der Waals surface area contributed by atoms with Crippen LogP contribution in [0.3, 0.4) is 0 Å². The molecule has 19 heavy (non-hydrogen) atoms. The largest absolute Gasteiger partial charge is 0.368 e. The summed E-state index contributed by atoms with van der Waals surface area (Å²) < 4.78 is 1.16. The zero-order valence-electron chi connectivity index (χ0n) is 10.1. The van der Waals surface area contributed by atoms with Gasteiger partial charge in [-0.1, -0.05) is 6.07 Å². The Morgan fingerprint density at radius 3 is 2.63 bits per heavy atom. The molecule has 1 amide bonds. The molecule has 7 nitrogen and oxygen atoms in total. The van der Waals surface area contributed by atoms with Crippen molar-refractivity contribution in [2.45, 2.75) is 13.0 Å². The second-order valence-electron chi connectivity index (χ2n) is 4.10. The third kappa shape index (κ3) is 2.05. The lowest BCUT2D eigenvalue weighted by Crippen LogP contribution is -2.31. The fraction of sp³-hybridized carbons (Fsp3) is 0.167. The number of amides is 1. The lowest BCUT2D eigenvalue weighted by Gasteiger charge is -2.12. The van der Waals surface area contributed by atoms with Gasteiger partial charge in [0.1, 0.15) is 6.04 Å². The van der Waals surface area contributed by atoms with Gasteiger partial charge in [0, 0.05) is 12.3 Å². The molecule has 2 N–H and O–H groups in total. The van der Waals surface area contributed by atoms with Gasteiger partial charge < -0.3 is 10.3 Å². The molecule has 0 bridgehead atoms. The van der Waals surface area contributed by atoms with Crippen LogP contribution in [-0.4, -0.2) is 15.4 Å². The summed E-state index contributed by atoms with van der Waals surface area (Å²) in [6.07, 6.45) is 1.34. The third-order valence-electron chi connectivity index (χ3n) is 2.98. The predicted molar refractivity (Wildman–Crippen MR) is 68.8 cm³/mol. The second-order valence-corrected chi connectivity index (χ2v) is 4.10. The van der Waals surface area contributed by atoms with Crippen LogP contribution >= 0.6 is 0 Å². The maximum absolute atomic E-state index is 12.2. The van der Waals surface area contributed by atoms with Crippen LogP contribution in [0.15, 0.2) is 35.3 Å². The average molecular weight is 261 g/mol. The van der Waals surface area contributed by atoms with E-state index in [1.807, 2.05) is 0 Å². The highest BCUT2D eigenvalue weighted by atomic mass is 16.6. The van der Waals surface area contributed by atoms with E-state index in [0.717, 1.165) is 4.57 Å². The minimum atomic E-state index is -0.809. The van der Waals surface area contributed by atoms with Crippen molar-refractivity contribution >= 4 is 22.4 Å². The number of nitro benzene ring substituents is 1. The summed E-state index contributed by atoms with van der Waals surface area (Å²) in [5.74, 6) is -0.646. The minimum absolute atomic E-state index is 0.145. The van der Waals surface area contributed by atoms with Crippen molar-refractivity contribution in [2.75, 3.05) is 0 Å². The van der Waals surface area contributed by atoms with Gasteiger partial charge in [0.15, 0.2) is 0 Å². The Bertz CT molecular complexity index is 735. The maximum Gasteiger partial charge on any atom is 0.277 e. The summed E-state index contributed by atoms with van der Waals surface area (Å²) in [5.41, 5.74) is 4.53. The number of carbonyl (C=O) groups excluding carboxylic acids is 1. The normalized spacial score (nSPS) is 12.3. The van der Waals surface area contributed by atoms with Crippen molar-refractivity contribution in [1.82, 2.24) is 4.57 Å². The molecular weight excluding hydrogens is 250 g/mol. The topological polar surface area (TPSA) is 108 Å². The van der Waals surface area contributed by atoms with Gasteiger partial charge in [0.05, 0.1) is 15.7 Å². The van der Waals surface area contributed by atoms with E-state index in [1.165, 1.54) is 37.4 Å². The van der Waals surface area contributed by atoms with Crippen molar-refractivity contribution in [3.63, 3.8) is 0 Å².